The molecule has 0 bridgehead atoms. The molecular weight excluding hydrogens is 439 g/mol. The van der Waals surface area contributed by atoms with Gasteiger partial charge in [-0.1, -0.05) is 37.3 Å². The van der Waals surface area contributed by atoms with Crippen molar-refractivity contribution in [3.63, 3.8) is 0 Å². The summed E-state index contributed by atoms with van der Waals surface area (Å²) in [4.78, 5) is 30.3. The van der Waals surface area contributed by atoms with Crippen molar-refractivity contribution in [3.05, 3.63) is 81.7 Å². The van der Waals surface area contributed by atoms with Crippen LogP contribution in [0.5, 0.6) is 0 Å². The quantitative estimate of drug-likeness (QED) is 0.440. The van der Waals surface area contributed by atoms with E-state index >= 15 is 0 Å². The van der Waals surface area contributed by atoms with Crippen LogP contribution in [0.2, 0.25) is 0 Å². The van der Waals surface area contributed by atoms with Crippen LogP contribution in [-0.2, 0) is 23.9 Å². The van der Waals surface area contributed by atoms with E-state index in [2.05, 4.69) is 17.2 Å². The fourth-order valence-corrected chi connectivity index (χ4v) is 4.25. The number of alkyl halides is 3. The van der Waals surface area contributed by atoms with Gasteiger partial charge in [0.15, 0.2) is 0 Å². The molecule has 32 heavy (non-hydrogen) atoms. The summed E-state index contributed by atoms with van der Waals surface area (Å²) in [6.07, 6.45) is -2.34. The van der Waals surface area contributed by atoms with E-state index in [1.165, 1.54) is 35.4 Å². The topological polar surface area (TPSA) is 64.0 Å². The van der Waals surface area contributed by atoms with Gasteiger partial charge in [-0.05, 0) is 35.7 Å². The Bertz CT molecular complexity index is 1340. The molecule has 1 amide bonds. The minimum Gasteiger partial charge on any atom is -0.325 e. The van der Waals surface area contributed by atoms with Crippen molar-refractivity contribution in [2.45, 2.75) is 26.1 Å². The van der Waals surface area contributed by atoms with Crippen molar-refractivity contribution in [2.24, 2.45) is 0 Å². The molecular formula is C23H18F3N3O2S. The number of anilines is 1. The summed E-state index contributed by atoms with van der Waals surface area (Å²) in [5, 5.41) is 4.67. The summed E-state index contributed by atoms with van der Waals surface area (Å²) < 4.78 is 39.8. The van der Waals surface area contributed by atoms with Gasteiger partial charge in [-0.2, -0.15) is 13.2 Å². The smallest absolute Gasteiger partial charge is 0.325 e. The number of thiophene rings is 1. The summed E-state index contributed by atoms with van der Waals surface area (Å²) in [6.45, 7) is 1.68. The van der Waals surface area contributed by atoms with E-state index in [9.17, 15) is 22.8 Å². The summed E-state index contributed by atoms with van der Waals surface area (Å²) >= 11 is 1.34. The molecule has 1 N–H and O–H groups in total. The summed E-state index contributed by atoms with van der Waals surface area (Å²) in [6, 6.07) is 12.2. The first kappa shape index (κ1) is 21.8. The molecule has 0 aliphatic rings. The van der Waals surface area contributed by atoms with Gasteiger partial charge in [0, 0.05) is 16.6 Å². The Hall–Kier alpha value is -3.46. The normalized spacial score (nSPS) is 11.6. The fraction of sp³-hybridized carbons (Fsp3) is 0.174. The lowest BCUT2D eigenvalue weighted by molar-refractivity contribution is -0.137. The Kier molecular flexibility index (Phi) is 5.84. The molecule has 0 radical (unpaired) electrons. The van der Waals surface area contributed by atoms with Gasteiger partial charge >= 0.3 is 6.18 Å². The van der Waals surface area contributed by atoms with E-state index in [0.29, 0.717) is 10.2 Å². The highest BCUT2D eigenvalue weighted by Crippen LogP contribution is 2.31. The Balaban J connectivity index is 1.60. The van der Waals surface area contributed by atoms with Crippen LogP contribution in [0.15, 0.2) is 65.0 Å². The number of fused-ring (bicyclic) bond motifs is 1. The molecule has 4 aromatic rings. The van der Waals surface area contributed by atoms with Gasteiger partial charge in [-0.3, -0.25) is 14.2 Å². The highest BCUT2D eigenvalue weighted by Gasteiger charge is 2.30. The van der Waals surface area contributed by atoms with Gasteiger partial charge < -0.3 is 5.32 Å². The Morgan fingerprint density at radius 1 is 1.16 bits per heavy atom. The molecule has 0 unspecified atom stereocenters. The van der Waals surface area contributed by atoms with Crippen LogP contribution in [-0.4, -0.2) is 15.5 Å². The molecule has 0 saturated carbocycles. The van der Waals surface area contributed by atoms with Crippen LogP contribution in [0.25, 0.3) is 21.3 Å². The largest absolute Gasteiger partial charge is 0.416 e. The first-order valence-corrected chi connectivity index (χ1v) is 10.7. The molecule has 164 valence electrons. The highest BCUT2D eigenvalue weighted by molar-refractivity contribution is 7.17. The Morgan fingerprint density at radius 3 is 2.59 bits per heavy atom. The number of nitrogens with one attached hydrogen (secondary N) is 1. The van der Waals surface area contributed by atoms with Crippen LogP contribution in [0.3, 0.4) is 0 Å². The second-order valence-electron chi connectivity index (χ2n) is 7.18. The molecule has 0 spiro atoms. The molecule has 0 fully saturated rings. The molecule has 4 rings (SSSR count). The second-order valence-corrected chi connectivity index (χ2v) is 8.04. The molecule has 9 heteroatoms. The third-order valence-corrected chi connectivity index (χ3v) is 5.91. The third-order valence-electron chi connectivity index (χ3n) is 5.02. The van der Waals surface area contributed by atoms with Crippen molar-refractivity contribution >= 4 is 33.1 Å². The number of rotatable bonds is 5. The van der Waals surface area contributed by atoms with Crippen LogP contribution in [0.4, 0.5) is 18.9 Å². The minimum absolute atomic E-state index is 0.000789. The van der Waals surface area contributed by atoms with E-state index < -0.39 is 17.6 Å². The van der Waals surface area contributed by atoms with Crippen LogP contribution in [0, 0.1) is 0 Å². The van der Waals surface area contributed by atoms with Crippen LogP contribution < -0.4 is 10.9 Å². The lowest BCUT2D eigenvalue weighted by Crippen LogP contribution is -2.27. The molecule has 2 aromatic heterocycles. The number of aryl methyl sites for hydroxylation is 1. The number of hydrogen-bond acceptors (Lipinski definition) is 4. The monoisotopic (exact) mass is 457 g/mol. The van der Waals surface area contributed by atoms with Gasteiger partial charge in [-0.25, -0.2) is 4.98 Å². The van der Waals surface area contributed by atoms with Gasteiger partial charge in [0.2, 0.25) is 5.91 Å². The number of benzene rings is 2. The standard InChI is InChI=1S/C23H18F3N3O2S/c1-2-14-6-8-15(9-7-14)18-12-32-21-20(18)22(31)29(13-27-21)11-19(30)28-17-5-3-4-16(10-17)23(24,25)26/h3-10,12-13H,2,11H2,1H3,(H,28,30). The summed E-state index contributed by atoms with van der Waals surface area (Å²) in [5.74, 6) is -0.628. The maximum absolute atomic E-state index is 13.1. The summed E-state index contributed by atoms with van der Waals surface area (Å²) in [7, 11) is 0. The minimum atomic E-state index is -4.52. The Labute approximate surface area is 185 Å². The van der Waals surface area contributed by atoms with Crippen LogP contribution >= 0.6 is 11.3 Å². The number of hydrogen-bond donors (Lipinski definition) is 1. The van der Waals surface area contributed by atoms with E-state index in [4.69, 9.17) is 0 Å². The number of halogens is 3. The van der Waals surface area contributed by atoms with Crippen molar-refractivity contribution < 1.29 is 18.0 Å². The zero-order valence-electron chi connectivity index (χ0n) is 16.9. The average molecular weight is 457 g/mol. The SMILES string of the molecule is CCc1ccc(-c2csc3ncn(CC(=O)Nc4cccc(C(F)(F)F)c4)c(=O)c23)cc1. The molecule has 0 aliphatic carbocycles. The van der Waals surface area contributed by atoms with Crippen molar-refractivity contribution in [2.75, 3.05) is 5.32 Å². The van der Waals surface area contributed by atoms with E-state index in [1.54, 1.807) is 0 Å². The molecule has 0 aliphatic heterocycles. The maximum Gasteiger partial charge on any atom is 0.416 e. The van der Waals surface area contributed by atoms with E-state index in [-0.39, 0.29) is 17.8 Å². The number of nitrogens with zero attached hydrogens (tertiary/aromatic N) is 2. The van der Waals surface area contributed by atoms with Gasteiger partial charge in [0.25, 0.3) is 5.56 Å². The zero-order valence-corrected chi connectivity index (χ0v) is 17.8. The molecule has 0 atom stereocenters. The van der Waals surface area contributed by atoms with Gasteiger partial charge in [0.1, 0.15) is 11.4 Å². The number of aromatic nitrogens is 2. The molecule has 0 saturated heterocycles. The molecule has 2 heterocycles. The zero-order chi connectivity index (χ0) is 22.9. The molecule has 2 aromatic carbocycles. The van der Waals surface area contributed by atoms with Crippen LogP contribution in [0.1, 0.15) is 18.1 Å². The number of amides is 1. The Morgan fingerprint density at radius 2 is 1.91 bits per heavy atom. The van der Waals surface area contributed by atoms with E-state index in [0.717, 1.165) is 34.2 Å². The summed E-state index contributed by atoms with van der Waals surface area (Å²) in [5.41, 5.74) is 1.53. The number of carbonyl (C=O) groups is 1. The first-order chi connectivity index (χ1) is 15.3. The van der Waals surface area contributed by atoms with Gasteiger partial charge in [-0.15, -0.1) is 11.3 Å². The maximum atomic E-state index is 13.1. The average Bonchev–Trinajstić information content (AvgIpc) is 3.20. The lowest BCUT2D eigenvalue weighted by Gasteiger charge is -2.11. The third kappa shape index (κ3) is 4.43. The molecule has 5 nitrogen and oxygen atoms in total. The number of carbonyl (C=O) groups excluding carboxylic acids is 1. The predicted octanol–water partition coefficient (Wildman–Crippen LogP) is 5.34. The fourth-order valence-electron chi connectivity index (χ4n) is 3.34. The van der Waals surface area contributed by atoms with Gasteiger partial charge in [0.05, 0.1) is 17.3 Å². The van der Waals surface area contributed by atoms with Crippen molar-refractivity contribution in [3.8, 4) is 11.1 Å². The van der Waals surface area contributed by atoms with Crippen molar-refractivity contribution in [1.82, 2.24) is 9.55 Å². The highest BCUT2D eigenvalue weighted by atomic mass is 32.1. The lowest BCUT2D eigenvalue weighted by atomic mass is 10.0. The second kappa shape index (κ2) is 8.58. The van der Waals surface area contributed by atoms with E-state index in [1.807, 2.05) is 29.6 Å². The van der Waals surface area contributed by atoms with Crippen molar-refractivity contribution in [1.29, 1.82) is 0 Å². The first-order valence-electron chi connectivity index (χ1n) is 9.79. The predicted molar refractivity (Wildman–Crippen MR) is 119 cm³/mol.